The van der Waals surface area contributed by atoms with Crippen LogP contribution in [0.25, 0.3) is 10.7 Å². The number of aromatic nitrogens is 3. The fourth-order valence-electron chi connectivity index (χ4n) is 2.48. The van der Waals surface area contributed by atoms with Crippen molar-refractivity contribution >= 4 is 29.5 Å². The molecule has 0 unspecified atom stereocenters. The fourth-order valence-corrected chi connectivity index (χ4v) is 3.42. The second-order valence-electron chi connectivity index (χ2n) is 5.71. The van der Waals surface area contributed by atoms with Gasteiger partial charge in [-0.3, -0.25) is 14.5 Å². The van der Waals surface area contributed by atoms with Crippen LogP contribution in [0.1, 0.15) is 17.5 Å². The molecule has 27 heavy (non-hydrogen) atoms. The Morgan fingerprint density at radius 1 is 1.30 bits per heavy atom. The van der Waals surface area contributed by atoms with Gasteiger partial charge in [-0.2, -0.15) is 18.3 Å². The molecule has 0 spiro atoms. The summed E-state index contributed by atoms with van der Waals surface area (Å²) in [6.45, 7) is 0.342. The van der Waals surface area contributed by atoms with Crippen molar-refractivity contribution in [3.8, 4) is 10.7 Å². The third-order valence-electron chi connectivity index (χ3n) is 3.81. The molecule has 0 atom stereocenters. The monoisotopic (exact) mass is 412 g/mol. The van der Waals surface area contributed by atoms with Crippen molar-refractivity contribution in [2.45, 2.75) is 25.7 Å². The lowest BCUT2D eigenvalue weighted by molar-refractivity contribution is -0.137. The van der Waals surface area contributed by atoms with Gasteiger partial charge in [0.2, 0.25) is 5.91 Å². The average Bonchev–Trinajstić information content (AvgIpc) is 3.27. The number of carbonyl (C=O) groups is 1. The van der Waals surface area contributed by atoms with E-state index in [1.54, 1.807) is 4.57 Å². The van der Waals surface area contributed by atoms with Gasteiger partial charge in [0.15, 0.2) is 10.6 Å². The van der Waals surface area contributed by atoms with Gasteiger partial charge in [-0.25, -0.2) is 0 Å². The predicted molar refractivity (Wildman–Crippen MR) is 98.6 cm³/mol. The van der Waals surface area contributed by atoms with Crippen molar-refractivity contribution in [2.75, 3.05) is 0 Å². The largest absolute Gasteiger partial charge is 0.416 e. The predicted octanol–water partition coefficient (Wildman–Crippen LogP) is 4.39. The van der Waals surface area contributed by atoms with Gasteiger partial charge in [0.25, 0.3) is 0 Å². The first-order chi connectivity index (χ1) is 12.8. The maximum atomic E-state index is 12.7. The van der Waals surface area contributed by atoms with Crippen molar-refractivity contribution in [3.05, 3.63) is 57.7 Å². The molecular formula is C17H15F3N4OS2. The first-order valence-corrected chi connectivity index (χ1v) is 9.25. The quantitative estimate of drug-likeness (QED) is 0.590. The van der Waals surface area contributed by atoms with E-state index in [9.17, 15) is 18.0 Å². The molecule has 2 heterocycles. The molecule has 10 heteroatoms. The van der Waals surface area contributed by atoms with Gasteiger partial charge in [-0.15, -0.1) is 11.3 Å². The van der Waals surface area contributed by atoms with Crippen LogP contribution >= 0.6 is 23.6 Å². The number of hydrogen-bond donors (Lipinski definition) is 2. The minimum absolute atomic E-state index is 0.0251. The summed E-state index contributed by atoms with van der Waals surface area (Å²) in [5.41, 5.74) is -0.350. The molecule has 0 radical (unpaired) electrons. The summed E-state index contributed by atoms with van der Waals surface area (Å²) >= 11 is 6.71. The third kappa shape index (κ3) is 4.83. The SMILES string of the molecule is O=C(CCn1c(-c2cccs2)n[nH]c1=S)NCc1cccc(C(F)(F)F)c1. The first kappa shape index (κ1) is 19.3. The van der Waals surface area contributed by atoms with Crippen LogP contribution in [-0.4, -0.2) is 20.7 Å². The molecule has 0 saturated heterocycles. The molecule has 2 aromatic heterocycles. The van der Waals surface area contributed by atoms with Crippen LogP contribution in [0.4, 0.5) is 13.2 Å². The van der Waals surface area contributed by atoms with Crippen molar-refractivity contribution in [2.24, 2.45) is 0 Å². The molecule has 0 aliphatic rings. The lowest BCUT2D eigenvalue weighted by Gasteiger charge is -2.10. The highest BCUT2D eigenvalue weighted by Crippen LogP contribution is 2.29. The Morgan fingerprint density at radius 3 is 2.81 bits per heavy atom. The van der Waals surface area contributed by atoms with E-state index in [-0.39, 0.29) is 18.9 Å². The average molecular weight is 412 g/mol. The van der Waals surface area contributed by atoms with Crippen LogP contribution in [0.3, 0.4) is 0 Å². The number of alkyl halides is 3. The summed E-state index contributed by atoms with van der Waals surface area (Å²) in [5.74, 6) is 0.369. The highest BCUT2D eigenvalue weighted by atomic mass is 32.1. The Bertz CT molecular complexity index is 977. The highest BCUT2D eigenvalue weighted by Gasteiger charge is 2.30. The Kier molecular flexibility index (Phi) is 5.76. The number of H-pyrrole nitrogens is 1. The van der Waals surface area contributed by atoms with Gasteiger partial charge in [0, 0.05) is 19.5 Å². The number of nitrogens with one attached hydrogen (secondary N) is 2. The minimum atomic E-state index is -4.41. The van der Waals surface area contributed by atoms with Crippen LogP contribution in [0.5, 0.6) is 0 Å². The van der Waals surface area contributed by atoms with Crippen LogP contribution in [0, 0.1) is 4.77 Å². The van der Waals surface area contributed by atoms with E-state index in [0.717, 1.165) is 17.0 Å². The molecule has 0 fully saturated rings. The van der Waals surface area contributed by atoms with Gasteiger partial charge in [-0.1, -0.05) is 18.2 Å². The van der Waals surface area contributed by atoms with E-state index >= 15 is 0 Å². The number of hydrogen-bond acceptors (Lipinski definition) is 4. The molecule has 0 aliphatic heterocycles. The number of halogens is 3. The molecular weight excluding hydrogens is 397 g/mol. The van der Waals surface area contributed by atoms with Crippen molar-refractivity contribution in [1.82, 2.24) is 20.1 Å². The highest BCUT2D eigenvalue weighted by molar-refractivity contribution is 7.71. The lowest BCUT2D eigenvalue weighted by Crippen LogP contribution is -2.24. The molecule has 1 aromatic carbocycles. The lowest BCUT2D eigenvalue weighted by atomic mass is 10.1. The van der Waals surface area contributed by atoms with Crippen LogP contribution in [0.15, 0.2) is 41.8 Å². The van der Waals surface area contributed by atoms with Gasteiger partial charge in [0.05, 0.1) is 10.4 Å². The summed E-state index contributed by atoms with van der Waals surface area (Å²) in [6.07, 6.45) is -4.28. The Labute approximate surface area is 161 Å². The number of nitrogens with zero attached hydrogens (tertiary/aromatic N) is 2. The van der Waals surface area contributed by atoms with Crippen molar-refractivity contribution in [1.29, 1.82) is 0 Å². The molecule has 3 aromatic rings. The molecule has 0 saturated carbocycles. The van der Waals surface area contributed by atoms with Crippen molar-refractivity contribution in [3.63, 3.8) is 0 Å². The molecule has 0 bridgehead atoms. The summed E-state index contributed by atoms with van der Waals surface area (Å²) < 4.78 is 40.3. The summed E-state index contributed by atoms with van der Waals surface area (Å²) in [5, 5.41) is 11.4. The minimum Gasteiger partial charge on any atom is -0.352 e. The number of amides is 1. The standard InChI is InChI=1S/C17H15F3N4OS2/c18-17(19,20)12-4-1-3-11(9-12)10-21-14(25)6-7-24-15(22-23-16(24)26)13-5-2-8-27-13/h1-5,8-9H,6-7,10H2,(H,21,25)(H,23,26). The van der Waals surface area contributed by atoms with E-state index in [2.05, 4.69) is 15.5 Å². The van der Waals surface area contributed by atoms with E-state index in [1.807, 2.05) is 17.5 Å². The second kappa shape index (κ2) is 8.05. The molecule has 142 valence electrons. The number of carbonyl (C=O) groups excluding carboxylic acids is 1. The molecule has 2 N–H and O–H groups in total. The maximum Gasteiger partial charge on any atom is 0.416 e. The zero-order chi connectivity index (χ0) is 19.4. The number of thiophene rings is 1. The Morgan fingerprint density at radius 2 is 2.11 bits per heavy atom. The maximum absolute atomic E-state index is 12.7. The van der Waals surface area contributed by atoms with E-state index in [0.29, 0.717) is 22.7 Å². The second-order valence-corrected chi connectivity index (χ2v) is 7.04. The normalized spacial score (nSPS) is 11.5. The van der Waals surface area contributed by atoms with E-state index in [4.69, 9.17) is 12.2 Å². The van der Waals surface area contributed by atoms with E-state index in [1.165, 1.54) is 23.5 Å². The Hall–Kier alpha value is -2.46. The van der Waals surface area contributed by atoms with Gasteiger partial charge in [0.1, 0.15) is 0 Å². The number of rotatable bonds is 6. The third-order valence-corrected chi connectivity index (χ3v) is 4.98. The summed E-state index contributed by atoms with van der Waals surface area (Å²) in [6, 6.07) is 8.68. The van der Waals surface area contributed by atoms with Crippen LogP contribution < -0.4 is 5.32 Å². The van der Waals surface area contributed by atoms with Gasteiger partial charge in [-0.05, 0) is 41.4 Å². The number of benzene rings is 1. The molecule has 5 nitrogen and oxygen atoms in total. The zero-order valence-electron chi connectivity index (χ0n) is 13.9. The smallest absolute Gasteiger partial charge is 0.352 e. The van der Waals surface area contributed by atoms with Crippen molar-refractivity contribution < 1.29 is 18.0 Å². The zero-order valence-corrected chi connectivity index (χ0v) is 15.5. The summed E-state index contributed by atoms with van der Waals surface area (Å²) in [4.78, 5) is 13.0. The summed E-state index contributed by atoms with van der Waals surface area (Å²) in [7, 11) is 0. The molecule has 0 aliphatic carbocycles. The first-order valence-electron chi connectivity index (χ1n) is 7.96. The van der Waals surface area contributed by atoms with Crippen LogP contribution in [-0.2, 0) is 24.1 Å². The Balaban J connectivity index is 1.59. The van der Waals surface area contributed by atoms with Gasteiger partial charge >= 0.3 is 6.18 Å². The molecule has 1 amide bonds. The fraction of sp³-hybridized carbons (Fsp3) is 0.235. The topological polar surface area (TPSA) is 62.7 Å². The molecule has 3 rings (SSSR count). The number of aromatic amines is 1. The van der Waals surface area contributed by atoms with E-state index < -0.39 is 11.7 Å². The van der Waals surface area contributed by atoms with Crippen LogP contribution in [0.2, 0.25) is 0 Å². The van der Waals surface area contributed by atoms with Gasteiger partial charge < -0.3 is 5.32 Å².